The van der Waals surface area contributed by atoms with Crippen LogP contribution in [0.2, 0.25) is 0 Å². The summed E-state index contributed by atoms with van der Waals surface area (Å²) in [5.41, 5.74) is 1.06. The van der Waals surface area contributed by atoms with E-state index in [-0.39, 0.29) is 24.5 Å². The normalized spacial score (nSPS) is 18.8. The standard InChI is InChI=1S/C26H37N3O5S2/c1-18(30)34-15-24(31)29-17-36-16-23(29)25(32)28-22(13-10-19-6-4-3-5-7-19)26(35)27-14-20-8-11-21(33-2)12-9-20/h8-9,11-12,19,22-23H,3-7,10,13-17H2,1-2H3,(H,27,35)(H,28,32)/t22-,23+/m1/s1. The van der Waals surface area contributed by atoms with Crippen LogP contribution in [0.4, 0.5) is 0 Å². The summed E-state index contributed by atoms with van der Waals surface area (Å²) in [4.78, 5) is 39.0. The van der Waals surface area contributed by atoms with E-state index in [1.54, 1.807) is 7.11 Å². The van der Waals surface area contributed by atoms with Crippen molar-refractivity contribution >= 4 is 46.8 Å². The Hall–Kier alpha value is -2.33. The van der Waals surface area contributed by atoms with Crippen molar-refractivity contribution in [2.45, 2.75) is 70.5 Å². The number of rotatable bonds is 11. The molecule has 2 aliphatic rings. The lowest BCUT2D eigenvalue weighted by atomic mass is 9.85. The molecule has 1 aliphatic carbocycles. The van der Waals surface area contributed by atoms with Crippen molar-refractivity contribution < 1.29 is 23.9 Å². The number of nitrogens with zero attached hydrogens (tertiary/aromatic N) is 1. The van der Waals surface area contributed by atoms with Crippen LogP contribution in [0.25, 0.3) is 0 Å². The molecule has 1 aliphatic heterocycles. The summed E-state index contributed by atoms with van der Waals surface area (Å²) in [5.74, 6) is 1.23. The molecule has 0 radical (unpaired) electrons. The first-order valence-corrected chi connectivity index (χ1v) is 14.1. The highest BCUT2D eigenvalue weighted by atomic mass is 32.2. The van der Waals surface area contributed by atoms with E-state index in [1.165, 1.54) is 55.7 Å². The van der Waals surface area contributed by atoms with Crippen molar-refractivity contribution in [3.05, 3.63) is 29.8 Å². The molecule has 10 heteroatoms. The van der Waals surface area contributed by atoms with Gasteiger partial charge in [0.25, 0.3) is 5.91 Å². The molecular formula is C26H37N3O5S2. The van der Waals surface area contributed by atoms with Gasteiger partial charge in [-0.15, -0.1) is 11.8 Å². The lowest BCUT2D eigenvalue weighted by Gasteiger charge is -2.28. The van der Waals surface area contributed by atoms with Crippen molar-refractivity contribution in [1.29, 1.82) is 0 Å². The Bertz CT molecular complexity index is 905. The van der Waals surface area contributed by atoms with Crippen LogP contribution >= 0.6 is 24.0 Å². The Morgan fingerprint density at radius 1 is 1.17 bits per heavy atom. The SMILES string of the molecule is COc1ccc(CNC(=S)[C@@H](CCC2CCCCC2)NC(=O)[C@@H]2CSCN2C(=O)COC(C)=O)cc1. The number of carbonyl (C=O) groups is 3. The molecule has 1 heterocycles. The summed E-state index contributed by atoms with van der Waals surface area (Å²) in [6.45, 7) is 1.45. The second kappa shape index (κ2) is 14.4. The molecule has 1 aromatic carbocycles. The number of thioether (sulfide) groups is 1. The second-order valence-corrected chi connectivity index (χ2v) is 10.8. The van der Waals surface area contributed by atoms with E-state index in [0.717, 1.165) is 24.2 Å². The molecule has 2 fully saturated rings. The summed E-state index contributed by atoms with van der Waals surface area (Å²) in [7, 11) is 1.63. The summed E-state index contributed by atoms with van der Waals surface area (Å²) < 4.78 is 10.1. The van der Waals surface area contributed by atoms with Gasteiger partial charge in [0, 0.05) is 19.2 Å². The number of hydrogen-bond acceptors (Lipinski definition) is 7. The molecular weight excluding hydrogens is 498 g/mol. The van der Waals surface area contributed by atoms with Crippen LogP contribution in [0.3, 0.4) is 0 Å². The molecule has 0 bridgehead atoms. The number of ether oxygens (including phenoxy) is 2. The van der Waals surface area contributed by atoms with E-state index >= 15 is 0 Å². The van der Waals surface area contributed by atoms with E-state index in [2.05, 4.69) is 10.6 Å². The number of benzene rings is 1. The third-order valence-electron chi connectivity index (χ3n) is 6.75. The molecule has 0 spiro atoms. The minimum absolute atomic E-state index is 0.224. The zero-order valence-electron chi connectivity index (χ0n) is 21.1. The van der Waals surface area contributed by atoms with Crippen molar-refractivity contribution in [1.82, 2.24) is 15.5 Å². The Labute approximate surface area is 223 Å². The zero-order valence-corrected chi connectivity index (χ0v) is 22.8. The van der Waals surface area contributed by atoms with E-state index < -0.39 is 12.0 Å². The number of nitrogens with one attached hydrogen (secondary N) is 2. The molecule has 0 aromatic heterocycles. The van der Waals surface area contributed by atoms with Crippen LogP contribution in [-0.4, -0.2) is 65.1 Å². The largest absolute Gasteiger partial charge is 0.497 e. The van der Waals surface area contributed by atoms with Gasteiger partial charge in [-0.2, -0.15) is 0 Å². The fourth-order valence-corrected chi connectivity index (χ4v) is 6.05. The maximum absolute atomic E-state index is 13.3. The maximum atomic E-state index is 13.3. The van der Waals surface area contributed by atoms with Crippen LogP contribution in [0.1, 0.15) is 57.4 Å². The van der Waals surface area contributed by atoms with Gasteiger partial charge in [-0.1, -0.05) is 56.5 Å². The van der Waals surface area contributed by atoms with Crippen LogP contribution in [0.5, 0.6) is 5.75 Å². The van der Waals surface area contributed by atoms with Gasteiger partial charge in [0.1, 0.15) is 11.8 Å². The number of amides is 2. The fraction of sp³-hybridized carbons (Fsp3) is 0.615. The minimum atomic E-state index is -0.611. The first-order chi connectivity index (χ1) is 17.4. The molecule has 2 atom stereocenters. The third-order valence-corrected chi connectivity index (χ3v) is 8.19. The Kier molecular flexibility index (Phi) is 11.3. The van der Waals surface area contributed by atoms with Gasteiger partial charge in [-0.05, 0) is 36.5 Å². The van der Waals surface area contributed by atoms with Crippen molar-refractivity contribution in [2.24, 2.45) is 5.92 Å². The molecule has 198 valence electrons. The zero-order chi connectivity index (χ0) is 25.9. The topological polar surface area (TPSA) is 97.0 Å². The van der Waals surface area contributed by atoms with Crippen LogP contribution < -0.4 is 15.4 Å². The van der Waals surface area contributed by atoms with Crippen LogP contribution in [0, 0.1) is 5.92 Å². The number of esters is 1. The number of thiocarbonyl (C=S) groups is 1. The molecule has 3 rings (SSSR count). The van der Waals surface area contributed by atoms with Gasteiger partial charge in [-0.3, -0.25) is 14.4 Å². The van der Waals surface area contributed by atoms with E-state index in [1.807, 2.05) is 24.3 Å². The quantitative estimate of drug-likeness (QED) is 0.329. The molecule has 8 nitrogen and oxygen atoms in total. The average molecular weight is 536 g/mol. The molecule has 36 heavy (non-hydrogen) atoms. The first-order valence-electron chi connectivity index (χ1n) is 12.6. The van der Waals surface area contributed by atoms with Gasteiger partial charge in [0.15, 0.2) is 6.61 Å². The molecule has 1 saturated carbocycles. The van der Waals surface area contributed by atoms with E-state index in [0.29, 0.717) is 29.1 Å². The van der Waals surface area contributed by atoms with Crippen LogP contribution in [0.15, 0.2) is 24.3 Å². The molecule has 1 saturated heterocycles. The number of methoxy groups -OCH3 is 1. The Morgan fingerprint density at radius 3 is 2.56 bits per heavy atom. The number of carbonyl (C=O) groups excluding carboxylic acids is 3. The highest BCUT2D eigenvalue weighted by Gasteiger charge is 2.36. The minimum Gasteiger partial charge on any atom is -0.497 e. The Balaban J connectivity index is 1.61. The first kappa shape index (κ1) is 28.2. The van der Waals surface area contributed by atoms with Gasteiger partial charge >= 0.3 is 5.97 Å². The fourth-order valence-electron chi connectivity index (χ4n) is 4.62. The predicted molar refractivity (Wildman–Crippen MR) is 145 cm³/mol. The van der Waals surface area contributed by atoms with Gasteiger partial charge in [0.2, 0.25) is 5.91 Å². The lowest BCUT2D eigenvalue weighted by Crippen LogP contribution is -2.54. The predicted octanol–water partition coefficient (Wildman–Crippen LogP) is 3.42. The van der Waals surface area contributed by atoms with Gasteiger partial charge in [-0.25, -0.2) is 0 Å². The molecule has 2 N–H and O–H groups in total. The summed E-state index contributed by atoms with van der Waals surface area (Å²) in [6.07, 6.45) is 8.04. The number of hydrogen-bond donors (Lipinski definition) is 2. The average Bonchev–Trinajstić information content (AvgIpc) is 3.39. The highest BCUT2D eigenvalue weighted by molar-refractivity contribution is 7.99. The molecule has 2 amide bonds. The maximum Gasteiger partial charge on any atom is 0.303 e. The van der Waals surface area contributed by atoms with Gasteiger partial charge < -0.3 is 25.0 Å². The van der Waals surface area contributed by atoms with Crippen molar-refractivity contribution in [3.63, 3.8) is 0 Å². The lowest BCUT2D eigenvalue weighted by molar-refractivity contribution is -0.151. The highest BCUT2D eigenvalue weighted by Crippen LogP contribution is 2.28. The van der Waals surface area contributed by atoms with E-state index in [9.17, 15) is 14.4 Å². The summed E-state index contributed by atoms with van der Waals surface area (Å²) in [5, 5.41) is 6.44. The smallest absolute Gasteiger partial charge is 0.303 e. The second-order valence-electron chi connectivity index (χ2n) is 9.37. The van der Waals surface area contributed by atoms with Crippen molar-refractivity contribution in [3.8, 4) is 5.75 Å². The molecule has 0 unspecified atom stereocenters. The van der Waals surface area contributed by atoms with Crippen molar-refractivity contribution in [2.75, 3.05) is 25.3 Å². The van der Waals surface area contributed by atoms with E-state index in [4.69, 9.17) is 21.7 Å². The summed E-state index contributed by atoms with van der Waals surface area (Å²) >= 11 is 7.25. The Morgan fingerprint density at radius 2 is 1.89 bits per heavy atom. The molecule has 1 aromatic rings. The van der Waals surface area contributed by atoms with Crippen LogP contribution in [-0.2, 0) is 25.7 Å². The monoisotopic (exact) mass is 535 g/mol. The third kappa shape index (κ3) is 8.65. The van der Waals surface area contributed by atoms with Gasteiger partial charge in [0.05, 0.1) is 24.0 Å². The summed E-state index contributed by atoms with van der Waals surface area (Å²) in [6, 6.07) is 6.84.